The molecule has 0 aromatic heterocycles. The maximum absolute atomic E-state index is 11.3. The summed E-state index contributed by atoms with van der Waals surface area (Å²) >= 11 is 0. The second-order valence-corrected chi connectivity index (χ2v) is 7.82. The number of hydrogen-bond acceptors (Lipinski definition) is 13. The zero-order valence-corrected chi connectivity index (χ0v) is 24.3. The fraction of sp³-hybridized carbons (Fsp3) is 0.923. The second kappa shape index (κ2) is 37.5. The Morgan fingerprint density at radius 3 is 1.15 bits per heavy atom. The summed E-state index contributed by atoms with van der Waals surface area (Å²) < 4.78 is 51.1. The van der Waals surface area contributed by atoms with Crippen LogP contribution in [0.5, 0.6) is 0 Å². The van der Waals surface area contributed by atoms with Gasteiger partial charge in [-0.25, -0.2) is 0 Å². The summed E-state index contributed by atoms with van der Waals surface area (Å²) in [5.41, 5.74) is 0. The lowest BCUT2D eigenvalue weighted by molar-refractivity contribution is -0.146. The van der Waals surface area contributed by atoms with Gasteiger partial charge in [-0.05, 0) is 12.8 Å². The molecule has 0 aromatic carbocycles. The van der Waals surface area contributed by atoms with Crippen molar-refractivity contribution in [3.63, 3.8) is 0 Å². The summed E-state index contributed by atoms with van der Waals surface area (Å²) in [6.07, 6.45) is 1.29. The summed E-state index contributed by atoms with van der Waals surface area (Å²) in [7, 11) is 3.26. The highest BCUT2D eigenvalue weighted by Gasteiger charge is 2.04. The molecule has 0 spiro atoms. The number of aliphatic carboxylic acids is 1. The topological polar surface area (TPSA) is 167 Å². The van der Waals surface area contributed by atoms with Crippen molar-refractivity contribution in [1.82, 2.24) is 0 Å². The quantitative estimate of drug-likeness (QED) is 0.0851. The SMILES string of the molecule is COCCOCCOCCOCCO.COCCOCCOCCOCCOCCOC(=O)CCCCC(=O)O. The lowest BCUT2D eigenvalue weighted by atomic mass is 10.2. The highest BCUT2D eigenvalue weighted by molar-refractivity contribution is 5.69. The molecule has 0 saturated heterocycles. The molecule has 0 heterocycles. The standard InChI is InChI=1S/C17H32O9.C9H20O5/c1-21-6-7-22-8-9-23-10-11-24-12-13-25-14-15-26-17(20)5-3-2-4-16(18)19;1-11-4-5-13-8-9-14-7-6-12-3-2-10/h2-15H2,1H3,(H,18,19);10H,2-9H2,1H3. The average Bonchev–Trinajstić information content (AvgIpc) is 2.94. The van der Waals surface area contributed by atoms with Crippen LogP contribution in [0.15, 0.2) is 0 Å². The highest BCUT2D eigenvalue weighted by Crippen LogP contribution is 2.01. The Morgan fingerprint density at radius 2 is 0.800 bits per heavy atom. The van der Waals surface area contributed by atoms with Crippen LogP contribution >= 0.6 is 0 Å². The van der Waals surface area contributed by atoms with Gasteiger partial charge in [0.2, 0.25) is 0 Å². The van der Waals surface area contributed by atoms with Gasteiger partial charge in [0.05, 0.1) is 112 Å². The molecule has 14 heteroatoms. The molecule has 14 nitrogen and oxygen atoms in total. The predicted molar refractivity (Wildman–Crippen MR) is 144 cm³/mol. The summed E-state index contributed by atoms with van der Waals surface area (Å²) in [6, 6.07) is 0. The van der Waals surface area contributed by atoms with Crippen molar-refractivity contribution < 1.29 is 67.2 Å². The minimum absolute atomic E-state index is 0.0557. The van der Waals surface area contributed by atoms with Gasteiger partial charge in [0.25, 0.3) is 0 Å². The largest absolute Gasteiger partial charge is 0.481 e. The zero-order chi connectivity index (χ0) is 29.8. The lowest BCUT2D eigenvalue weighted by Crippen LogP contribution is -2.14. The van der Waals surface area contributed by atoms with E-state index in [1.807, 2.05) is 0 Å². The molecule has 40 heavy (non-hydrogen) atoms. The van der Waals surface area contributed by atoms with E-state index in [2.05, 4.69) is 0 Å². The Balaban J connectivity index is 0. The molecule has 0 atom stereocenters. The number of aliphatic hydroxyl groups excluding tert-OH is 1. The van der Waals surface area contributed by atoms with E-state index in [0.29, 0.717) is 119 Å². The minimum Gasteiger partial charge on any atom is -0.481 e. The highest BCUT2D eigenvalue weighted by atomic mass is 16.6. The van der Waals surface area contributed by atoms with Gasteiger partial charge in [-0.3, -0.25) is 9.59 Å². The van der Waals surface area contributed by atoms with E-state index in [-0.39, 0.29) is 32.0 Å². The molecule has 0 bridgehead atoms. The summed E-state index contributed by atoms with van der Waals surface area (Å²) in [5, 5.41) is 16.9. The van der Waals surface area contributed by atoms with E-state index in [1.165, 1.54) is 0 Å². The van der Waals surface area contributed by atoms with E-state index in [4.69, 9.17) is 57.6 Å². The lowest BCUT2D eigenvalue weighted by Gasteiger charge is -2.08. The Bertz CT molecular complexity index is 498. The van der Waals surface area contributed by atoms with Crippen LogP contribution in [0.2, 0.25) is 0 Å². The number of esters is 1. The van der Waals surface area contributed by atoms with E-state index >= 15 is 0 Å². The number of methoxy groups -OCH3 is 2. The number of carbonyl (C=O) groups excluding carboxylic acids is 1. The predicted octanol–water partition coefficient (Wildman–Crippen LogP) is 0.562. The Kier molecular flexibility index (Phi) is 38.2. The molecule has 240 valence electrons. The van der Waals surface area contributed by atoms with Crippen LogP contribution in [0.25, 0.3) is 0 Å². The third-order valence-electron chi connectivity index (χ3n) is 4.47. The molecule has 0 aromatic rings. The normalized spacial score (nSPS) is 10.8. The third kappa shape index (κ3) is 41.0. The number of hydrogen-bond donors (Lipinski definition) is 2. The third-order valence-corrected chi connectivity index (χ3v) is 4.47. The molecule has 0 amide bonds. The first-order valence-electron chi connectivity index (χ1n) is 13.6. The number of carboxylic acid groups (broad SMARTS) is 1. The smallest absolute Gasteiger partial charge is 0.305 e. The number of carbonyl (C=O) groups is 2. The van der Waals surface area contributed by atoms with Gasteiger partial charge in [-0.2, -0.15) is 0 Å². The van der Waals surface area contributed by atoms with Crippen molar-refractivity contribution in [2.45, 2.75) is 25.7 Å². The molecule has 0 unspecified atom stereocenters. The fourth-order valence-electron chi connectivity index (χ4n) is 2.48. The Labute approximate surface area is 238 Å². The first-order valence-corrected chi connectivity index (χ1v) is 13.6. The van der Waals surface area contributed by atoms with Crippen LogP contribution in [0, 0.1) is 0 Å². The second-order valence-electron chi connectivity index (χ2n) is 7.82. The Hall–Kier alpha value is -1.46. The van der Waals surface area contributed by atoms with Gasteiger partial charge < -0.3 is 57.6 Å². The van der Waals surface area contributed by atoms with Gasteiger partial charge in [0.1, 0.15) is 6.61 Å². The van der Waals surface area contributed by atoms with Gasteiger partial charge >= 0.3 is 11.9 Å². The fourth-order valence-corrected chi connectivity index (χ4v) is 2.48. The number of aliphatic hydroxyl groups is 1. The van der Waals surface area contributed by atoms with Crippen molar-refractivity contribution in [3.05, 3.63) is 0 Å². The van der Waals surface area contributed by atoms with Crippen LogP contribution in [0.4, 0.5) is 0 Å². The van der Waals surface area contributed by atoms with Crippen LogP contribution < -0.4 is 0 Å². The first kappa shape index (κ1) is 40.7. The molecule has 0 aliphatic rings. The number of unbranched alkanes of at least 4 members (excludes halogenated alkanes) is 1. The first-order chi connectivity index (χ1) is 19.6. The van der Waals surface area contributed by atoms with Gasteiger partial charge in [-0.15, -0.1) is 0 Å². The number of ether oxygens (including phenoxy) is 10. The molecule has 0 aliphatic carbocycles. The van der Waals surface area contributed by atoms with E-state index in [9.17, 15) is 9.59 Å². The maximum Gasteiger partial charge on any atom is 0.305 e. The zero-order valence-electron chi connectivity index (χ0n) is 24.3. The van der Waals surface area contributed by atoms with Crippen molar-refractivity contribution in [2.24, 2.45) is 0 Å². The van der Waals surface area contributed by atoms with E-state index < -0.39 is 5.97 Å². The van der Waals surface area contributed by atoms with Crippen LogP contribution in [0.1, 0.15) is 25.7 Å². The van der Waals surface area contributed by atoms with Crippen molar-refractivity contribution in [1.29, 1.82) is 0 Å². The minimum atomic E-state index is -0.854. The molecule has 0 aliphatic heterocycles. The van der Waals surface area contributed by atoms with E-state index in [0.717, 1.165) is 0 Å². The monoisotopic (exact) mass is 588 g/mol. The van der Waals surface area contributed by atoms with Crippen LogP contribution in [0.3, 0.4) is 0 Å². The summed E-state index contributed by atoms with van der Waals surface area (Å²) in [6.45, 7) is 8.32. The van der Waals surface area contributed by atoms with Crippen LogP contribution in [-0.2, 0) is 57.0 Å². The molecule has 0 fully saturated rings. The van der Waals surface area contributed by atoms with Crippen molar-refractivity contribution in [3.8, 4) is 0 Å². The molecular weight excluding hydrogens is 536 g/mol. The van der Waals surface area contributed by atoms with Crippen molar-refractivity contribution in [2.75, 3.05) is 133 Å². The molecule has 0 rings (SSSR count). The van der Waals surface area contributed by atoms with Gasteiger partial charge in [-0.1, -0.05) is 0 Å². The molecule has 2 N–H and O–H groups in total. The van der Waals surface area contributed by atoms with Gasteiger partial charge in [0.15, 0.2) is 0 Å². The Morgan fingerprint density at radius 1 is 0.475 bits per heavy atom. The molecular formula is C26H52O14. The van der Waals surface area contributed by atoms with Gasteiger partial charge in [0, 0.05) is 27.1 Å². The van der Waals surface area contributed by atoms with Crippen LogP contribution in [-0.4, -0.2) is 155 Å². The number of rotatable bonds is 31. The summed E-state index contributed by atoms with van der Waals surface area (Å²) in [4.78, 5) is 21.7. The molecule has 0 saturated carbocycles. The number of carboxylic acids is 1. The summed E-state index contributed by atoms with van der Waals surface area (Å²) in [5.74, 6) is -1.19. The molecule has 0 radical (unpaired) electrons. The van der Waals surface area contributed by atoms with Crippen molar-refractivity contribution >= 4 is 11.9 Å². The maximum atomic E-state index is 11.3. The average molecular weight is 589 g/mol. The van der Waals surface area contributed by atoms with E-state index in [1.54, 1.807) is 14.2 Å².